The molecule has 2 unspecified atom stereocenters. The number of rotatable bonds is 6. The maximum Gasteiger partial charge on any atom is 0.122 e. The van der Waals surface area contributed by atoms with Crippen molar-refractivity contribution in [3.63, 3.8) is 0 Å². The molecule has 0 amide bonds. The summed E-state index contributed by atoms with van der Waals surface area (Å²) in [6, 6.07) is 9.12. The van der Waals surface area contributed by atoms with E-state index in [2.05, 4.69) is 36.5 Å². The Morgan fingerprint density at radius 2 is 2.16 bits per heavy atom. The average molecular weight is 259 g/mol. The molecule has 1 saturated carbocycles. The molecular weight excluding hydrogens is 234 g/mol. The van der Waals surface area contributed by atoms with Crippen molar-refractivity contribution >= 4 is 0 Å². The van der Waals surface area contributed by atoms with Crippen molar-refractivity contribution in [1.29, 1.82) is 0 Å². The molecule has 2 heteroatoms. The van der Waals surface area contributed by atoms with Crippen LogP contribution in [-0.4, -0.2) is 19.2 Å². The van der Waals surface area contributed by atoms with E-state index in [0.717, 1.165) is 24.8 Å². The Morgan fingerprint density at radius 3 is 2.95 bits per heavy atom. The van der Waals surface area contributed by atoms with Crippen LogP contribution in [0.5, 0.6) is 5.75 Å². The number of hydrogen-bond acceptors (Lipinski definition) is 2. The van der Waals surface area contributed by atoms with E-state index < -0.39 is 0 Å². The van der Waals surface area contributed by atoms with E-state index >= 15 is 0 Å². The molecule has 1 aromatic carbocycles. The zero-order chi connectivity index (χ0) is 13.1. The molecule has 2 atom stereocenters. The summed E-state index contributed by atoms with van der Waals surface area (Å²) in [4.78, 5) is 0. The highest BCUT2D eigenvalue weighted by molar-refractivity contribution is 5.35. The topological polar surface area (TPSA) is 21.3 Å². The lowest BCUT2D eigenvalue weighted by Crippen LogP contribution is -2.41. The van der Waals surface area contributed by atoms with Crippen LogP contribution < -0.4 is 10.1 Å². The average Bonchev–Trinajstić information content (AvgIpc) is 3.27. The molecule has 19 heavy (non-hydrogen) atoms. The molecule has 0 spiro atoms. The molecule has 1 fully saturated rings. The van der Waals surface area contributed by atoms with E-state index in [9.17, 15) is 0 Å². The van der Waals surface area contributed by atoms with Crippen molar-refractivity contribution in [3.05, 3.63) is 29.8 Å². The van der Waals surface area contributed by atoms with Crippen LogP contribution in [0.15, 0.2) is 24.3 Å². The van der Waals surface area contributed by atoms with Gasteiger partial charge in [0.25, 0.3) is 0 Å². The van der Waals surface area contributed by atoms with E-state index in [1.165, 1.54) is 37.7 Å². The third kappa shape index (κ3) is 3.30. The van der Waals surface area contributed by atoms with Crippen LogP contribution in [0.1, 0.15) is 38.2 Å². The Hall–Kier alpha value is -1.02. The molecular formula is C17H25NO. The Kier molecular flexibility index (Phi) is 4.07. The zero-order valence-corrected chi connectivity index (χ0v) is 11.9. The predicted molar refractivity (Wildman–Crippen MR) is 78.6 cm³/mol. The molecule has 104 valence electrons. The Morgan fingerprint density at radius 1 is 1.32 bits per heavy atom. The second kappa shape index (κ2) is 5.96. The van der Waals surface area contributed by atoms with Crippen molar-refractivity contribution in [3.8, 4) is 5.75 Å². The lowest BCUT2D eigenvalue weighted by Gasteiger charge is -2.32. The van der Waals surface area contributed by atoms with E-state index in [0.29, 0.717) is 12.0 Å². The summed E-state index contributed by atoms with van der Waals surface area (Å²) in [5.41, 5.74) is 1.38. The standard InChI is InChI=1S/C17H25NO/c1-2-18-16(10-9-13-7-8-13)15-11-14-5-3-4-6-17(14)19-12-15/h3-6,13,15-16,18H,2,7-12H2,1H3. The van der Waals surface area contributed by atoms with Gasteiger partial charge in [-0.05, 0) is 43.4 Å². The van der Waals surface area contributed by atoms with Crippen molar-refractivity contribution in [2.24, 2.45) is 11.8 Å². The van der Waals surface area contributed by atoms with Crippen LogP contribution in [0, 0.1) is 11.8 Å². The first-order valence-electron chi connectivity index (χ1n) is 7.81. The predicted octanol–water partition coefficient (Wildman–Crippen LogP) is 3.41. The SMILES string of the molecule is CCNC(CCC1CC1)C1COc2ccccc2C1. The lowest BCUT2D eigenvalue weighted by atomic mass is 9.87. The second-order valence-corrected chi connectivity index (χ2v) is 6.07. The van der Waals surface area contributed by atoms with E-state index in [1.54, 1.807) is 0 Å². The van der Waals surface area contributed by atoms with Gasteiger partial charge in [-0.25, -0.2) is 0 Å². The summed E-state index contributed by atoms with van der Waals surface area (Å²) in [5.74, 6) is 2.75. The minimum absolute atomic E-state index is 0.624. The molecule has 1 aliphatic heterocycles. The summed E-state index contributed by atoms with van der Waals surface area (Å²) in [6.07, 6.45) is 6.80. The van der Waals surface area contributed by atoms with Gasteiger partial charge < -0.3 is 10.1 Å². The molecule has 3 rings (SSSR count). The van der Waals surface area contributed by atoms with Crippen molar-refractivity contribution in [2.75, 3.05) is 13.2 Å². The fourth-order valence-electron chi connectivity index (χ4n) is 3.20. The molecule has 1 heterocycles. The van der Waals surface area contributed by atoms with Crippen LogP contribution in [0.3, 0.4) is 0 Å². The molecule has 2 aliphatic rings. The molecule has 0 radical (unpaired) electrons. The Balaban J connectivity index is 1.62. The minimum atomic E-state index is 0.624. The Bertz CT molecular complexity index is 413. The smallest absolute Gasteiger partial charge is 0.122 e. The monoisotopic (exact) mass is 259 g/mol. The normalized spacial score (nSPS) is 23.5. The number of benzene rings is 1. The fraction of sp³-hybridized carbons (Fsp3) is 0.647. The maximum atomic E-state index is 5.95. The molecule has 1 aliphatic carbocycles. The highest BCUT2D eigenvalue weighted by atomic mass is 16.5. The van der Waals surface area contributed by atoms with Gasteiger partial charge in [-0.2, -0.15) is 0 Å². The lowest BCUT2D eigenvalue weighted by molar-refractivity contribution is 0.178. The van der Waals surface area contributed by atoms with Gasteiger partial charge in [-0.1, -0.05) is 38.0 Å². The third-order valence-electron chi connectivity index (χ3n) is 4.53. The van der Waals surface area contributed by atoms with Gasteiger partial charge in [0.05, 0.1) is 6.61 Å². The van der Waals surface area contributed by atoms with Gasteiger partial charge in [0.1, 0.15) is 5.75 Å². The molecule has 0 saturated heterocycles. The van der Waals surface area contributed by atoms with Crippen LogP contribution >= 0.6 is 0 Å². The van der Waals surface area contributed by atoms with Crippen molar-refractivity contribution in [1.82, 2.24) is 5.32 Å². The first-order chi connectivity index (χ1) is 9.36. The second-order valence-electron chi connectivity index (χ2n) is 6.07. The van der Waals surface area contributed by atoms with Crippen LogP contribution in [0.2, 0.25) is 0 Å². The van der Waals surface area contributed by atoms with Crippen molar-refractivity contribution < 1.29 is 4.74 Å². The highest BCUT2D eigenvalue weighted by Crippen LogP contribution is 2.36. The quantitative estimate of drug-likeness (QED) is 0.845. The Labute approximate surface area is 116 Å². The number of hydrogen-bond donors (Lipinski definition) is 1. The minimum Gasteiger partial charge on any atom is -0.493 e. The third-order valence-corrected chi connectivity index (χ3v) is 4.53. The maximum absolute atomic E-state index is 5.95. The van der Waals surface area contributed by atoms with Gasteiger partial charge in [0.15, 0.2) is 0 Å². The molecule has 2 nitrogen and oxygen atoms in total. The van der Waals surface area contributed by atoms with Gasteiger partial charge in [-0.3, -0.25) is 0 Å². The number of para-hydroxylation sites is 1. The van der Waals surface area contributed by atoms with Gasteiger partial charge >= 0.3 is 0 Å². The number of nitrogens with one attached hydrogen (secondary N) is 1. The van der Waals surface area contributed by atoms with Crippen LogP contribution in [-0.2, 0) is 6.42 Å². The number of ether oxygens (including phenoxy) is 1. The van der Waals surface area contributed by atoms with E-state index in [4.69, 9.17) is 4.74 Å². The fourth-order valence-corrected chi connectivity index (χ4v) is 3.20. The van der Waals surface area contributed by atoms with Crippen molar-refractivity contribution in [2.45, 2.75) is 45.1 Å². The summed E-state index contributed by atoms with van der Waals surface area (Å²) in [5, 5.41) is 3.69. The molecule has 0 aromatic heterocycles. The summed E-state index contributed by atoms with van der Waals surface area (Å²) in [7, 11) is 0. The summed E-state index contributed by atoms with van der Waals surface area (Å²) in [6.45, 7) is 4.15. The summed E-state index contributed by atoms with van der Waals surface area (Å²) >= 11 is 0. The van der Waals surface area contributed by atoms with Crippen LogP contribution in [0.4, 0.5) is 0 Å². The highest BCUT2D eigenvalue weighted by Gasteiger charge is 2.29. The first kappa shape index (κ1) is 13.0. The molecule has 1 N–H and O–H groups in total. The first-order valence-corrected chi connectivity index (χ1v) is 7.81. The number of fused-ring (bicyclic) bond motifs is 1. The summed E-state index contributed by atoms with van der Waals surface area (Å²) < 4.78 is 5.95. The molecule has 0 bridgehead atoms. The van der Waals surface area contributed by atoms with Crippen LogP contribution in [0.25, 0.3) is 0 Å². The van der Waals surface area contributed by atoms with E-state index in [1.807, 2.05) is 0 Å². The largest absolute Gasteiger partial charge is 0.493 e. The van der Waals surface area contributed by atoms with Gasteiger partial charge in [0.2, 0.25) is 0 Å². The zero-order valence-electron chi connectivity index (χ0n) is 11.9. The van der Waals surface area contributed by atoms with Gasteiger partial charge in [-0.15, -0.1) is 0 Å². The molecule has 1 aromatic rings. The van der Waals surface area contributed by atoms with E-state index in [-0.39, 0.29) is 0 Å². The van der Waals surface area contributed by atoms with Gasteiger partial charge in [0, 0.05) is 12.0 Å².